The highest BCUT2D eigenvalue weighted by molar-refractivity contribution is 5.95. The average molecular weight is 219 g/mol. The minimum Gasteiger partial charge on any atom is -0.328 e. The molecule has 0 heterocycles. The Morgan fingerprint density at radius 3 is 2.56 bits per heavy atom. The largest absolute Gasteiger partial charge is 0.328 e. The van der Waals surface area contributed by atoms with Crippen LogP contribution in [-0.2, 0) is 0 Å². The summed E-state index contributed by atoms with van der Waals surface area (Å²) >= 11 is 0. The van der Waals surface area contributed by atoms with Crippen LogP contribution in [0.3, 0.4) is 0 Å². The van der Waals surface area contributed by atoms with Crippen molar-refractivity contribution in [2.75, 3.05) is 0 Å². The molecule has 0 saturated carbocycles. The molecule has 1 unspecified atom stereocenters. The van der Waals surface area contributed by atoms with E-state index in [0.717, 1.165) is 31.2 Å². The summed E-state index contributed by atoms with van der Waals surface area (Å²) < 4.78 is 0. The van der Waals surface area contributed by atoms with E-state index in [1.54, 1.807) is 0 Å². The van der Waals surface area contributed by atoms with Crippen molar-refractivity contribution in [3.8, 4) is 0 Å². The number of ketones is 1. The molecule has 2 heteroatoms. The summed E-state index contributed by atoms with van der Waals surface area (Å²) in [6.07, 6.45) is 4.63. The van der Waals surface area contributed by atoms with Crippen molar-refractivity contribution in [2.45, 2.75) is 45.1 Å². The van der Waals surface area contributed by atoms with Crippen LogP contribution in [0.2, 0.25) is 0 Å². The van der Waals surface area contributed by atoms with E-state index < -0.39 is 0 Å². The highest BCUT2D eigenvalue weighted by atomic mass is 16.1. The molecule has 0 aromatic heterocycles. The van der Waals surface area contributed by atoms with E-state index in [-0.39, 0.29) is 11.8 Å². The molecule has 0 amide bonds. The second kappa shape index (κ2) is 7.18. The molecular formula is C14H21NO. The smallest absolute Gasteiger partial charge is 0.162 e. The minimum absolute atomic E-state index is 0.226. The number of hydrogen-bond acceptors (Lipinski definition) is 2. The van der Waals surface area contributed by atoms with Gasteiger partial charge in [0, 0.05) is 18.0 Å². The van der Waals surface area contributed by atoms with Crippen LogP contribution in [0.5, 0.6) is 0 Å². The molecule has 2 nitrogen and oxygen atoms in total. The fraction of sp³-hybridized carbons (Fsp3) is 0.500. The van der Waals surface area contributed by atoms with Crippen LogP contribution in [-0.4, -0.2) is 11.8 Å². The Labute approximate surface area is 97.9 Å². The van der Waals surface area contributed by atoms with Crippen molar-refractivity contribution in [3.05, 3.63) is 35.9 Å². The van der Waals surface area contributed by atoms with Gasteiger partial charge in [-0.25, -0.2) is 0 Å². The third-order valence-corrected chi connectivity index (χ3v) is 2.73. The van der Waals surface area contributed by atoms with Crippen molar-refractivity contribution in [1.82, 2.24) is 0 Å². The van der Waals surface area contributed by atoms with Crippen molar-refractivity contribution < 1.29 is 4.79 Å². The molecule has 0 bridgehead atoms. The van der Waals surface area contributed by atoms with Gasteiger partial charge in [-0.3, -0.25) is 4.79 Å². The highest BCUT2D eigenvalue weighted by Gasteiger charge is 2.06. The molecule has 0 radical (unpaired) electrons. The number of benzene rings is 1. The maximum absolute atomic E-state index is 11.7. The van der Waals surface area contributed by atoms with E-state index in [1.165, 1.54) is 0 Å². The quantitative estimate of drug-likeness (QED) is 0.716. The molecule has 1 aromatic rings. The summed E-state index contributed by atoms with van der Waals surface area (Å²) in [6.45, 7) is 2.13. The molecule has 0 saturated heterocycles. The van der Waals surface area contributed by atoms with Gasteiger partial charge >= 0.3 is 0 Å². The minimum atomic E-state index is 0.226. The van der Waals surface area contributed by atoms with Crippen LogP contribution in [0.25, 0.3) is 0 Å². The zero-order chi connectivity index (χ0) is 11.8. The summed E-state index contributed by atoms with van der Waals surface area (Å²) in [6, 6.07) is 9.72. The highest BCUT2D eigenvalue weighted by Crippen LogP contribution is 2.09. The Morgan fingerprint density at radius 2 is 1.94 bits per heavy atom. The second-order valence-corrected chi connectivity index (χ2v) is 4.23. The van der Waals surface area contributed by atoms with Gasteiger partial charge < -0.3 is 5.73 Å². The normalized spacial score (nSPS) is 12.4. The third kappa shape index (κ3) is 4.58. The SMILES string of the molecule is CCCC(N)CCCC(=O)c1ccccc1. The second-order valence-electron chi connectivity index (χ2n) is 4.23. The van der Waals surface area contributed by atoms with Crippen molar-refractivity contribution in [2.24, 2.45) is 5.73 Å². The van der Waals surface area contributed by atoms with Gasteiger partial charge in [-0.1, -0.05) is 43.7 Å². The lowest BCUT2D eigenvalue weighted by Crippen LogP contribution is -2.19. The van der Waals surface area contributed by atoms with Crippen molar-refractivity contribution in [1.29, 1.82) is 0 Å². The van der Waals surface area contributed by atoms with Crippen LogP contribution < -0.4 is 5.73 Å². The molecule has 88 valence electrons. The van der Waals surface area contributed by atoms with E-state index in [2.05, 4.69) is 6.92 Å². The first-order chi connectivity index (χ1) is 7.74. The summed E-state index contributed by atoms with van der Waals surface area (Å²) in [7, 11) is 0. The lowest BCUT2D eigenvalue weighted by molar-refractivity contribution is 0.0978. The Bertz CT molecular complexity index is 308. The molecule has 0 spiro atoms. The van der Waals surface area contributed by atoms with Crippen molar-refractivity contribution >= 4 is 5.78 Å². The molecule has 2 N–H and O–H groups in total. The lowest BCUT2D eigenvalue weighted by Gasteiger charge is -2.09. The van der Waals surface area contributed by atoms with E-state index >= 15 is 0 Å². The first kappa shape index (κ1) is 12.9. The molecular weight excluding hydrogens is 198 g/mol. The molecule has 1 atom stereocenters. The fourth-order valence-corrected chi connectivity index (χ4v) is 1.81. The monoisotopic (exact) mass is 219 g/mol. The molecule has 0 fully saturated rings. The average Bonchev–Trinajstić information content (AvgIpc) is 2.30. The number of Topliss-reactive ketones (excluding diaryl/α,β-unsaturated/α-hetero) is 1. The standard InChI is InChI=1S/C14H21NO/c1-2-7-13(15)10-6-11-14(16)12-8-4-3-5-9-12/h3-5,8-9,13H,2,6-7,10-11,15H2,1H3. The van der Waals surface area contributed by atoms with Crippen LogP contribution in [0.4, 0.5) is 0 Å². The van der Waals surface area contributed by atoms with E-state index in [9.17, 15) is 4.79 Å². The Balaban J connectivity index is 2.26. The molecule has 0 aliphatic heterocycles. The number of rotatable bonds is 7. The predicted octanol–water partition coefficient (Wildman–Crippen LogP) is 3.17. The van der Waals surface area contributed by atoms with Crippen LogP contribution in [0.1, 0.15) is 49.4 Å². The third-order valence-electron chi connectivity index (χ3n) is 2.73. The summed E-state index contributed by atoms with van der Waals surface area (Å²) in [4.78, 5) is 11.7. The van der Waals surface area contributed by atoms with Gasteiger partial charge in [-0.15, -0.1) is 0 Å². The molecule has 0 aliphatic rings. The van der Waals surface area contributed by atoms with Gasteiger partial charge in [0.2, 0.25) is 0 Å². The van der Waals surface area contributed by atoms with Gasteiger partial charge in [0.1, 0.15) is 0 Å². The van der Waals surface area contributed by atoms with Crippen LogP contribution in [0.15, 0.2) is 30.3 Å². The van der Waals surface area contributed by atoms with Gasteiger partial charge in [0.25, 0.3) is 0 Å². The van der Waals surface area contributed by atoms with Gasteiger partial charge in [-0.2, -0.15) is 0 Å². The number of carbonyl (C=O) groups excluding carboxylic acids is 1. The summed E-state index contributed by atoms with van der Waals surface area (Å²) in [5, 5.41) is 0. The number of carbonyl (C=O) groups is 1. The first-order valence-electron chi connectivity index (χ1n) is 6.08. The molecule has 1 rings (SSSR count). The molecule has 0 aliphatic carbocycles. The van der Waals surface area contributed by atoms with Gasteiger partial charge in [0.15, 0.2) is 5.78 Å². The number of hydrogen-bond donors (Lipinski definition) is 1. The maximum atomic E-state index is 11.7. The van der Waals surface area contributed by atoms with Crippen molar-refractivity contribution in [3.63, 3.8) is 0 Å². The first-order valence-corrected chi connectivity index (χ1v) is 6.08. The predicted molar refractivity (Wildman–Crippen MR) is 67.5 cm³/mol. The maximum Gasteiger partial charge on any atom is 0.162 e. The van der Waals surface area contributed by atoms with Gasteiger partial charge in [-0.05, 0) is 19.3 Å². The lowest BCUT2D eigenvalue weighted by atomic mass is 10.0. The van der Waals surface area contributed by atoms with E-state index in [1.807, 2.05) is 30.3 Å². The molecule has 1 aromatic carbocycles. The zero-order valence-corrected chi connectivity index (χ0v) is 9.99. The Morgan fingerprint density at radius 1 is 1.25 bits per heavy atom. The van der Waals surface area contributed by atoms with E-state index in [0.29, 0.717) is 6.42 Å². The Kier molecular flexibility index (Phi) is 5.79. The Hall–Kier alpha value is -1.15. The van der Waals surface area contributed by atoms with Crippen LogP contribution in [0, 0.1) is 0 Å². The summed E-state index contributed by atoms with van der Waals surface area (Å²) in [5.41, 5.74) is 6.71. The zero-order valence-electron chi connectivity index (χ0n) is 9.99. The van der Waals surface area contributed by atoms with Gasteiger partial charge in [0.05, 0.1) is 0 Å². The number of nitrogens with two attached hydrogens (primary N) is 1. The van der Waals surface area contributed by atoms with E-state index in [4.69, 9.17) is 5.73 Å². The fourth-order valence-electron chi connectivity index (χ4n) is 1.81. The van der Waals surface area contributed by atoms with Crippen LogP contribution >= 0.6 is 0 Å². The molecule has 16 heavy (non-hydrogen) atoms. The topological polar surface area (TPSA) is 43.1 Å². The summed E-state index contributed by atoms with van der Waals surface area (Å²) in [5.74, 6) is 0.226.